The van der Waals surface area contributed by atoms with E-state index < -0.39 is 15.1 Å². The fourth-order valence-corrected chi connectivity index (χ4v) is 4.14. The Balaban J connectivity index is 2.56. The van der Waals surface area contributed by atoms with Crippen LogP contribution in [0.5, 0.6) is 0 Å². The highest BCUT2D eigenvalue weighted by Crippen LogP contribution is 2.18. The van der Waals surface area contributed by atoms with Crippen LogP contribution in [0.25, 0.3) is 0 Å². The SMILES string of the molecule is NC(=O)SCCS(=O)(=O)c1cccs1. The molecule has 0 spiro atoms. The molecule has 1 heterocycles. The lowest BCUT2D eigenvalue weighted by Crippen LogP contribution is -2.11. The fourth-order valence-electron chi connectivity index (χ4n) is 0.793. The number of amides is 1. The summed E-state index contributed by atoms with van der Waals surface area (Å²) in [5, 5.41) is 1.15. The van der Waals surface area contributed by atoms with Crippen molar-refractivity contribution in [1.29, 1.82) is 0 Å². The van der Waals surface area contributed by atoms with Crippen molar-refractivity contribution in [3.05, 3.63) is 17.5 Å². The Kier molecular flexibility index (Phi) is 3.97. The Labute approximate surface area is 90.4 Å². The Morgan fingerprint density at radius 1 is 1.57 bits per heavy atom. The van der Waals surface area contributed by atoms with Crippen LogP contribution in [0.4, 0.5) is 4.79 Å². The number of nitrogens with two attached hydrogens (primary N) is 1. The van der Waals surface area contributed by atoms with Crippen LogP contribution in [0.1, 0.15) is 0 Å². The van der Waals surface area contributed by atoms with Gasteiger partial charge in [0.2, 0.25) is 0 Å². The smallest absolute Gasteiger partial charge is 0.276 e. The van der Waals surface area contributed by atoms with Crippen LogP contribution in [-0.2, 0) is 9.84 Å². The minimum Gasteiger partial charge on any atom is -0.361 e. The van der Waals surface area contributed by atoms with E-state index in [0.29, 0.717) is 4.21 Å². The molecule has 7 heteroatoms. The predicted molar refractivity (Wildman–Crippen MR) is 58.4 cm³/mol. The van der Waals surface area contributed by atoms with Crippen molar-refractivity contribution in [2.45, 2.75) is 4.21 Å². The first-order chi connectivity index (χ1) is 6.52. The predicted octanol–water partition coefficient (Wildman–Crippen LogP) is 1.33. The van der Waals surface area contributed by atoms with Gasteiger partial charge in [0.25, 0.3) is 5.24 Å². The summed E-state index contributed by atoms with van der Waals surface area (Å²) < 4.78 is 23.4. The van der Waals surface area contributed by atoms with E-state index in [4.69, 9.17) is 5.73 Å². The molecule has 0 saturated carbocycles. The van der Waals surface area contributed by atoms with Gasteiger partial charge < -0.3 is 5.73 Å². The lowest BCUT2D eigenvalue weighted by molar-refractivity contribution is 0.267. The van der Waals surface area contributed by atoms with E-state index in [1.165, 1.54) is 11.3 Å². The molecule has 78 valence electrons. The van der Waals surface area contributed by atoms with Crippen LogP contribution in [0.3, 0.4) is 0 Å². The van der Waals surface area contributed by atoms with Crippen molar-refractivity contribution in [3.8, 4) is 0 Å². The summed E-state index contributed by atoms with van der Waals surface area (Å²) in [5.74, 6) is 0.149. The Hall–Kier alpha value is -0.530. The van der Waals surface area contributed by atoms with E-state index in [0.717, 1.165) is 11.8 Å². The van der Waals surface area contributed by atoms with E-state index in [9.17, 15) is 13.2 Å². The Bertz CT molecular complexity index is 396. The van der Waals surface area contributed by atoms with Gasteiger partial charge in [-0.05, 0) is 11.4 Å². The molecule has 0 fully saturated rings. The molecule has 1 amide bonds. The highest BCUT2D eigenvalue weighted by molar-refractivity contribution is 8.14. The van der Waals surface area contributed by atoms with Crippen LogP contribution in [0, 0.1) is 0 Å². The second kappa shape index (κ2) is 4.81. The molecule has 2 N–H and O–H groups in total. The molecule has 4 nitrogen and oxygen atoms in total. The second-order valence-corrected chi connectivity index (χ2v) is 6.80. The largest absolute Gasteiger partial charge is 0.361 e. The average Bonchev–Trinajstić information content (AvgIpc) is 2.54. The first kappa shape index (κ1) is 11.5. The number of carbonyl (C=O) groups excluding carboxylic acids is 1. The number of thiophene rings is 1. The molecule has 0 aliphatic heterocycles. The van der Waals surface area contributed by atoms with Gasteiger partial charge in [-0.3, -0.25) is 4.79 Å². The van der Waals surface area contributed by atoms with Gasteiger partial charge in [0.15, 0.2) is 9.84 Å². The van der Waals surface area contributed by atoms with Crippen LogP contribution in [0.2, 0.25) is 0 Å². The molecular formula is C7H9NO3S3. The molecule has 14 heavy (non-hydrogen) atoms. The molecule has 0 unspecified atom stereocenters. The molecule has 1 aromatic rings. The van der Waals surface area contributed by atoms with Crippen molar-refractivity contribution in [1.82, 2.24) is 0 Å². The second-order valence-electron chi connectivity index (χ2n) is 2.42. The van der Waals surface area contributed by atoms with Crippen molar-refractivity contribution >= 4 is 38.2 Å². The van der Waals surface area contributed by atoms with E-state index in [-0.39, 0.29) is 11.5 Å². The van der Waals surface area contributed by atoms with Crippen LogP contribution in [-0.4, -0.2) is 25.2 Å². The van der Waals surface area contributed by atoms with Crippen molar-refractivity contribution < 1.29 is 13.2 Å². The van der Waals surface area contributed by atoms with Gasteiger partial charge in [-0.25, -0.2) is 8.42 Å². The van der Waals surface area contributed by atoms with Gasteiger partial charge in [0.05, 0.1) is 5.75 Å². The molecule has 0 aliphatic rings. The summed E-state index contributed by atoms with van der Waals surface area (Å²) in [6.07, 6.45) is 0. The van der Waals surface area contributed by atoms with Gasteiger partial charge in [-0.1, -0.05) is 17.8 Å². The van der Waals surface area contributed by atoms with Gasteiger partial charge in [0, 0.05) is 5.75 Å². The first-order valence-electron chi connectivity index (χ1n) is 3.71. The first-order valence-corrected chi connectivity index (χ1v) is 7.22. The molecule has 1 rings (SSSR count). The van der Waals surface area contributed by atoms with Gasteiger partial charge >= 0.3 is 0 Å². The monoisotopic (exact) mass is 251 g/mol. The number of hydrogen-bond acceptors (Lipinski definition) is 5. The average molecular weight is 251 g/mol. The van der Waals surface area contributed by atoms with Crippen LogP contribution < -0.4 is 5.73 Å². The van der Waals surface area contributed by atoms with Gasteiger partial charge in [-0.2, -0.15) is 0 Å². The minimum absolute atomic E-state index is 0.0544. The normalized spacial score (nSPS) is 11.4. The molecule has 0 bridgehead atoms. The zero-order chi connectivity index (χ0) is 10.6. The van der Waals surface area contributed by atoms with E-state index >= 15 is 0 Å². The Morgan fingerprint density at radius 3 is 2.79 bits per heavy atom. The van der Waals surface area contributed by atoms with Crippen molar-refractivity contribution in [2.24, 2.45) is 5.73 Å². The summed E-state index contributed by atoms with van der Waals surface area (Å²) in [6.45, 7) is 0. The van der Waals surface area contributed by atoms with Crippen molar-refractivity contribution in [2.75, 3.05) is 11.5 Å². The Morgan fingerprint density at radius 2 is 2.29 bits per heavy atom. The molecule has 1 aromatic heterocycles. The van der Waals surface area contributed by atoms with Crippen molar-refractivity contribution in [3.63, 3.8) is 0 Å². The standard InChI is InChI=1S/C7H9NO3S3/c8-7(9)13-4-5-14(10,11)6-2-1-3-12-6/h1-3H,4-5H2,(H2,8,9). The summed E-state index contributed by atoms with van der Waals surface area (Å²) in [7, 11) is -3.22. The molecule has 0 radical (unpaired) electrons. The number of primary amides is 1. The number of carbonyl (C=O) groups is 1. The zero-order valence-electron chi connectivity index (χ0n) is 7.17. The molecule has 0 aliphatic carbocycles. The third-order valence-electron chi connectivity index (χ3n) is 1.40. The lowest BCUT2D eigenvalue weighted by Gasteiger charge is -1.99. The number of thioether (sulfide) groups is 1. The molecule has 0 aromatic carbocycles. The fraction of sp³-hybridized carbons (Fsp3) is 0.286. The number of hydrogen-bond donors (Lipinski definition) is 1. The summed E-state index contributed by atoms with van der Waals surface area (Å²) in [4.78, 5) is 10.4. The highest BCUT2D eigenvalue weighted by atomic mass is 32.2. The summed E-state index contributed by atoms with van der Waals surface area (Å²) >= 11 is 2.00. The maximum absolute atomic E-state index is 11.5. The third-order valence-corrected chi connectivity index (χ3v) is 5.55. The number of rotatable bonds is 4. The van der Waals surface area contributed by atoms with Crippen LogP contribution in [0.15, 0.2) is 21.7 Å². The zero-order valence-corrected chi connectivity index (χ0v) is 9.62. The van der Waals surface area contributed by atoms with E-state index in [1.807, 2.05) is 0 Å². The van der Waals surface area contributed by atoms with Gasteiger partial charge in [0.1, 0.15) is 4.21 Å². The molecule has 0 saturated heterocycles. The molecule has 0 atom stereocenters. The summed E-state index contributed by atoms with van der Waals surface area (Å²) in [5.41, 5.74) is 4.87. The highest BCUT2D eigenvalue weighted by Gasteiger charge is 2.15. The topological polar surface area (TPSA) is 77.2 Å². The van der Waals surface area contributed by atoms with Crippen LogP contribution >= 0.6 is 23.1 Å². The lowest BCUT2D eigenvalue weighted by atomic mass is 10.7. The quantitative estimate of drug-likeness (QED) is 0.875. The third kappa shape index (κ3) is 3.32. The maximum atomic E-state index is 11.5. The minimum atomic E-state index is -3.22. The number of sulfone groups is 1. The summed E-state index contributed by atoms with van der Waals surface area (Å²) in [6, 6.07) is 3.23. The van der Waals surface area contributed by atoms with E-state index in [1.54, 1.807) is 17.5 Å². The van der Waals surface area contributed by atoms with E-state index in [2.05, 4.69) is 0 Å². The maximum Gasteiger partial charge on any atom is 0.276 e. The van der Waals surface area contributed by atoms with Gasteiger partial charge in [-0.15, -0.1) is 11.3 Å². The molecular weight excluding hydrogens is 242 g/mol.